The van der Waals surface area contributed by atoms with E-state index in [-0.39, 0.29) is 0 Å². The maximum atomic E-state index is 12.3. The lowest BCUT2D eigenvalue weighted by Crippen LogP contribution is -2.45. The molecule has 1 saturated heterocycles. The van der Waals surface area contributed by atoms with E-state index >= 15 is 0 Å². The average Bonchev–Trinajstić information content (AvgIpc) is 2.68. The highest BCUT2D eigenvalue weighted by atomic mass is 16.3. The summed E-state index contributed by atoms with van der Waals surface area (Å²) in [5.41, 5.74) is 2.02. The molecule has 2 aromatic rings. The first-order valence-electron chi connectivity index (χ1n) is 8.58. The fraction of sp³-hybridized carbons (Fsp3) is 0.238. The highest BCUT2D eigenvalue weighted by Crippen LogP contribution is 2.15. The third-order valence-corrected chi connectivity index (χ3v) is 4.24. The third kappa shape index (κ3) is 4.50. The molecule has 0 unspecified atom stereocenters. The van der Waals surface area contributed by atoms with Crippen LogP contribution in [0.3, 0.4) is 0 Å². The summed E-state index contributed by atoms with van der Waals surface area (Å²) in [6.07, 6.45) is 0.604. The number of carbonyl (C=O) groups excluding carboxylic acids is 2. The van der Waals surface area contributed by atoms with Crippen LogP contribution < -0.4 is 5.32 Å². The van der Waals surface area contributed by atoms with E-state index in [1.807, 2.05) is 36.4 Å². The maximum Gasteiger partial charge on any atom is 0.313 e. The SMILES string of the molecule is O=C(Nc1ccccc1C#Cc1ccccc1)C(=O)N1CCC(O)CC1. The second-order valence-electron chi connectivity index (χ2n) is 6.14. The summed E-state index contributed by atoms with van der Waals surface area (Å²) in [6.45, 7) is 0.783. The fourth-order valence-electron chi connectivity index (χ4n) is 2.75. The van der Waals surface area contributed by atoms with Crippen LogP contribution >= 0.6 is 0 Å². The van der Waals surface area contributed by atoms with E-state index in [1.54, 1.807) is 18.2 Å². The van der Waals surface area contributed by atoms with Crippen LogP contribution in [0.15, 0.2) is 54.6 Å². The fourth-order valence-corrected chi connectivity index (χ4v) is 2.75. The molecule has 1 aliphatic heterocycles. The first-order chi connectivity index (χ1) is 12.6. The van der Waals surface area contributed by atoms with Crippen LogP contribution in [0.25, 0.3) is 0 Å². The zero-order valence-corrected chi connectivity index (χ0v) is 14.3. The Morgan fingerprint density at radius 2 is 1.62 bits per heavy atom. The van der Waals surface area contributed by atoms with Gasteiger partial charge in [-0.15, -0.1) is 0 Å². The number of aliphatic hydroxyl groups is 1. The van der Waals surface area contributed by atoms with Gasteiger partial charge in [0.1, 0.15) is 0 Å². The average molecular weight is 348 g/mol. The molecule has 1 aliphatic rings. The van der Waals surface area contributed by atoms with Crippen LogP contribution in [0.1, 0.15) is 24.0 Å². The second kappa shape index (κ2) is 8.32. The number of amides is 2. The van der Waals surface area contributed by atoms with E-state index < -0.39 is 17.9 Å². The number of benzene rings is 2. The summed E-state index contributed by atoms with van der Waals surface area (Å²) in [5.74, 6) is 4.82. The molecule has 2 aromatic carbocycles. The molecule has 0 spiro atoms. The zero-order valence-electron chi connectivity index (χ0n) is 14.3. The maximum absolute atomic E-state index is 12.3. The Hall–Kier alpha value is -3.10. The van der Waals surface area contributed by atoms with E-state index in [0.29, 0.717) is 37.2 Å². The predicted octanol–water partition coefficient (Wildman–Crippen LogP) is 2.01. The molecular formula is C21H20N2O3. The smallest absolute Gasteiger partial charge is 0.313 e. The van der Waals surface area contributed by atoms with Crippen molar-refractivity contribution in [2.24, 2.45) is 0 Å². The van der Waals surface area contributed by atoms with Crippen LogP contribution in [0.4, 0.5) is 5.69 Å². The molecule has 1 heterocycles. The molecule has 2 amide bonds. The molecule has 1 fully saturated rings. The van der Waals surface area contributed by atoms with Crippen molar-refractivity contribution in [3.05, 3.63) is 65.7 Å². The van der Waals surface area contributed by atoms with Gasteiger partial charge in [0.2, 0.25) is 0 Å². The molecule has 132 valence electrons. The number of anilines is 1. The van der Waals surface area contributed by atoms with Crippen molar-refractivity contribution in [2.75, 3.05) is 18.4 Å². The lowest BCUT2D eigenvalue weighted by molar-refractivity contribution is -0.144. The van der Waals surface area contributed by atoms with Crippen LogP contribution in [0.2, 0.25) is 0 Å². The Morgan fingerprint density at radius 3 is 2.35 bits per heavy atom. The standard InChI is InChI=1S/C21H20N2O3/c24-18-12-14-23(15-13-18)21(26)20(25)22-19-9-5-4-8-17(19)11-10-16-6-2-1-3-7-16/h1-9,18,24H,12-15H2,(H,22,25). The van der Waals surface area contributed by atoms with Crippen molar-refractivity contribution in [2.45, 2.75) is 18.9 Å². The van der Waals surface area contributed by atoms with Crippen LogP contribution in [0.5, 0.6) is 0 Å². The number of piperidine rings is 1. The molecule has 26 heavy (non-hydrogen) atoms. The van der Waals surface area contributed by atoms with Gasteiger partial charge in [0, 0.05) is 24.2 Å². The van der Waals surface area contributed by atoms with Gasteiger partial charge < -0.3 is 15.3 Å². The predicted molar refractivity (Wildman–Crippen MR) is 99.3 cm³/mol. The number of hydrogen-bond acceptors (Lipinski definition) is 3. The van der Waals surface area contributed by atoms with E-state index in [0.717, 1.165) is 5.56 Å². The molecule has 0 saturated carbocycles. The molecule has 0 atom stereocenters. The Balaban J connectivity index is 1.71. The lowest BCUT2D eigenvalue weighted by Gasteiger charge is -2.28. The van der Waals surface area contributed by atoms with Gasteiger partial charge in [-0.2, -0.15) is 0 Å². The minimum Gasteiger partial charge on any atom is -0.393 e. The number of aliphatic hydroxyl groups excluding tert-OH is 1. The van der Waals surface area contributed by atoms with Crippen LogP contribution in [0, 0.1) is 11.8 Å². The summed E-state index contributed by atoms with van der Waals surface area (Å²) in [6, 6.07) is 16.7. The van der Waals surface area contributed by atoms with Gasteiger partial charge in [-0.3, -0.25) is 9.59 Å². The quantitative estimate of drug-likeness (QED) is 0.612. The van der Waals surface area contributed by atoms with Gasteiger partial charge in [0.25, 0.3) is 0 Å². The van der Waals surface area contributed by atoms with E-state index in [1.165, 1.54) is 4.90 Å². The lowest BCUT2D eigenvalue weighted by atomic mass is 10.1. The molecule has 2 N–H and O–H groups in total. The van der Waals surface area contributed by atoms with Gasteiger partial charge in [-0.1, -0.05) is 42.2 Å². The van der Waals surface area contributed by atoms with Crippen molar-refractivity contribution in [3.63, 3.8) is 0 Å². The highest BCUT2D eigenvalue weighted by Gasteiger charge is 2.26. The molecule has 0 radical (unpaired) electrons. The van der Waals surface area contributed by atoms with Gasteiger partial charge in [0.15, 0.2) is 0 Å². The highest BCUT2D eigenvalue weighted by molar-refractivity contribution is 6.39. The summed E-state index contributed by atoms with van der Waals surface area (Å²) < 4.78 is 0. The third-order valence-electron chi connectivity index (χ3n) is 4.24. The monoisotopic (exact) mass is 348 g/mol. The van der Waals surface area contributed by atoms with Crippen molar-refractivity contribution in [1.82, 2.24) is 4.90 Å². The Kier molecular flexibility index (Phi) is 5.67. The number of carbonyl (C=O) groups is 2. The normalized spacial score (nSPS) is 14.3. The van der Waals surface area contributed by atoms with Crippen molar-refractivity contribution >= 4 is 17.5 Å². The largest absolute Gasteiger partial charge is 0.393 e. The van der Waals surface area contributed by atoms with Crippen molar-refractivity contribution in [1.29, 1.82) is 0 Å². The van der Waals surface area contributed by atoms with E-state index in [2.05, 4.69) is 17.2 Å². The molecule has 5 nitrogen and oxygen atoms in total. The van der Waals surface area contributed by atoms with Gasteiger partial charge in [-0.05, 0) is 37.1 Å². The van der Waals surface area contributed by atoms with E-state index in [9.17, 15) is 14.7 Å². The molecule has 5 heteroatoms. The first kappa shape index (κ1) is 17.7. The Labute approximate surface area is 152 Å². The summed E-state index contributed by atoms with van der Waals surface area (Å²) in [4.78, 5) is 26.1. The molecule has 0 bridgehead atoms. The number of nitrogens with zero attached hydrogens (tertiary/aromatic N) is 1. The molecule has 0 aliphatic carbocycles. The van der Waals surface area contributed by atoms with Crippen molar-refractivity contribution < 1.29 is 14.7 Å². The Bertz CT molecular complexity index is 844. The summed E-state index contributed by atoms with van der Waals surface area (Å²) in [7, 11) is 0. The van der Waals surface area contributed by atoms with Crippen molar-refractivity contribution in [3.8, 4) is 11.8 Å². The van der Waals surface area contributed by atoms with E-state index in [4.69, 9.17) is 0 Å². The minimum absolute atomic E-state index is 0.392. The van der Waals surface area contributed by atoms with Crippen LogP contribution in [-0.2, 0) is 9.59 Å². The van der Waals surface area contributed by atoms with Gasteiger partial charge >= 0.3 is 11.8 Å². The first-order valence-corrected chi connectivity index (χ1v) is 8.58. The number of nitrogens with one attached hydrogen (secondary N) is 1. The summed E-state index contributed by atoms with van der Waals surface area (Å²) >= 11 is 0. The molecule has 3 rings (SSSR count). The number of likely N-dealkylation sites (tertiary alicyclic amines) is 1. The zero-order chi connectivity index (χ0) is 18.4. The Morgan fingerprint density at radius 1 is 0.962 bits per heavy atom. The topological polar surface area (TPSA) is 69.6 Å². The van der Waals surface area contributed by atoms with Gasteiger partial charge in [0.05, 0.1) is 11.8 Å². The number of rotatable bonds is 1. The molecule has 0 aromatic heterocycles. The van der Waals surface area contributed by atoms with Gasteiger partial charge in [-0.25, -0.2) is 0 Å². The minimum atomic E-state index is -0.685. The second-order valence-corrected chi connectivity index (χ2v) is 6.14. The summed E-state index contributed by atoms with van der Waals surface area (Å²) in [5, 5.41) is 12.2. The van der Waals surface area contributed by atoms with Crippen LogP contribution in [-0.4, -0.2) is 41.0 Å². The number of para-hydroxylation sites is 1. The number of hydrogen-bond donors (Lipinski definition) is 2. The molecular weight excluding hydrogens is 328 g/mol.